The van der Waals surface area contributed by atoms with E-state index < -0.39 is 28.0 Å². The lowest BCUT2D eigenvalue weighted by molar-refractivity contribution is -0.122. The van der Waals surface area contributed by atoms with Crippen molar-refractivity contribution in [1.29, 1.82) is 0 Å². The molecule has 0 rings (SSSR count). The summed E-state index contributed by atoms with van der Waals surface area (Å²) in [6.45, 7) is 4.14. The molecule has 264 valence electrons. The molecule has 0 heterocycles. The van der Waals surface area contributed by atoms with Crippen molar-refractivity contribution in [2.75, 3.05) is 5.75 Å². The molecule has 2 unspecified atom stereocenters. The zero-order chi connectivity index (χ0) is 34.7. The summed E-state index contributed by atoms with van der Waals surface area (Å²) in [6, 6.07) is -1.10. The van der Waals surface area contributed by atoms with Gasteiger partial charge < -0.3 is 10.4 Å². The third-order valence-electron chi connectivity index (χ3n) is 7.01. The van der Waals surface area contributed by atoms with Crippen molar-refractivity contribution < 1.29 is 22.9 Å². The van der Waals surface area contributed by atoms with Crippen LogP contribution in [0.4, 0.5) is 0 Å². The van der Waals surface area contributed by atoms with Gasteiger partial charge in [-0.15, -0.1) is 0 Å². The van der Waals surface area contributed by atoms with E-state index in [1.807, 2.05) is 13.0 Å². The Bertz CT molecular complexity index is 1140. The van der Waals surface area contributed by atoms with Crippen molar-refractivity contribution in [2.24, 2.45) is 0 Å². The number of hydrogen-bond donors (Lipinski definition) is 3. The van der Waals surface area contributed by atoms with Crippen molar-refractivity contribution >= 4 is 16.0 Å². The summed E-state index contributed by atoms with van der Waals surface area (Å²) in [7, 11) is -4.37. The van der Waals surface area contributed by atoms with E-state index >= 15 is 0 Å². The number of allylic oxidation sites excluding steroid dienone is 17. The normalized spacial score (nSPS) is 14.7. The topological polar surface area (TPSA) is 104 Å². The number of aliphatic hydroxyl groups excluding tert-OH is 1. The molecule has 0 aromatic rings. The van der Waals surface area contributed by atoms with Crippen LogP contribution in [0, 0.1) is 0 Å². The number of rotatable bonds is 29. The molecular weight excluding hydrogens is 607 g/mol. The second-order valence-corrected chi connectivity index (χ2v) is 12.9. The maximum absolute atomic E-state index is 12.4. The average molecular weight is 670 g/mol. The van der Waals surface area contributed by atoms with Gasteiger partial charge in [-0.05, 0) is 90.4 Å². The average Bonchev–Trinajstić information content (AvgIpc) is 3.03. The fourth-order valence-electron chi connectivity index (χ4n) is 4.43. The van der Waals surface area contributed by atoms with E-state index in [1.165, 1.54) is 6.08 Å². The highest BCUT2D eigenvalue weighted by Gasteiger charge is 2.24. The Morgan fingerprint density at radius 3 is 1.57 bits per heavy atom. The number of hydrogen-bond acceptors (Lipinski definition) is 4. The van der Waals surface area contributed by atoms with Gasteiger partial charge in [0.1, 0.15) is 0 Å². The Kier molecular flexibility index (Phi) is 30.8. The Balaban J connectivity index is 4.06. The summed E-state index contributed by atoms with van der Waals surface area (Å²) in [4.78, 5) is 12.4. The van der Waals surface area contributed by atoms with Crippen LogP contribution in [0.25, 0.3) is 0 Å². The van der Waals surface area contributed by atoms with Crippen LogP contribution >= 0.6 is 0 Å². The molecule has 0 aliphatic carbocycles. The Hall–Kier alpha value is -3.00. The minimum absolute atomic E-state index is 0.246. The van der Waals surface area contributed by atoms with E-state index in [4.69, 9.17) is 0 Å². The first kappa shape index (κ1) is 44.0. The molecule has 6 nitrogen and oxygen atoms in total. The quantitative estimate of drug-likeness (QED) is 0.0418. The number of amides is 1. The number of unbranched alkanes of at least 4 members (excludes halogenated alkanes) is 6. The van der Waals surface area contributed by atoms with Crippen molar-refractivity contribution in [3.05, 3.63) is 109 Å². The smallest absolute Gasteiger partial charge is 0.267 e. The van der Waals surface area contributed by atoms with Gasteiger partial charge in [0, 0.05) is 6.42 Å². The summed E-state index contributed by atoms with van der Waals surface area (Å²) in [6.07, 6.45) is 51.0. The second kappa shape index (κ2) is 32.9. The molecule has 47 heavy (non-hydrogen) atoms. The highest BCUT2D eigenvalue weighted by atomic mass is 32.2. The molecule has 0 bridgehead atoms. The van der Waals surface area contributed by atoms with Crippen LogP contribution in [0.2, 0.25) is 0 Å². The zero-order valence-electron chi connectivity index (χ0n) is 29.1. The van der Waals surface area contributed by atoms with Crippen molar-refractivity contribution in [2.45, 2.75) is 129 Å². The molecule has 0 aliphatic heterocycles. The van der Waals surface area contributed by atoms with Crippen molar-refractivity contribution in [3.8, 4) is 0 Å². The summed E-state index contributed by atoms with van der Waals surface area (Å²) in [5.41, 5.74) is 0. The van der Waals surface area contributed by atoms with Crippen LogP contribution < -0.4 is 5.32 Å². The van der Waals surface area contributed by atoms with Crippen LogP contribution in [0.15, 0.2) is 109 Å². The van der Waals surface area contributed by atoms with E-state index in [2.05, 4.69) is 103 Å². The van der Waals surface area contributed by atoms with Gasteiger partial charge in [-0.3, -0.25) is 9.35 Å². The number of carbonyl (C=O) groups is 1. The van der Waals surface area contributed by atoms with Gasteiger partial charge in [0.15, 0.2) is 0 Å². The summed E-state index contributed by atoms with van der Waals surface area (Å²) < 4.78 is 32.2. The molecule has 1 amide bonds. The molecule has 0 spiro atoms. The number of carbonyl (C=O) groups excluding carboxylic acids is 1. The highest BCUT2D eigenvalue weighted by Crippen LogP contribution is 2.08. The lowest BCUT2D eigenvalue weighted by Crippen LogP contribution is -2.46. The van der Waals surface area contributed by atoms with Gasteiger partial charge in [0.05, 0.1) is 17.9 Å². The van der Waals surface area contributed by atoms with Gasteiger partial charge >= 0.3 is 0 Å². The second-order valence-electron chi connectivity index (χ2n) is 11.4. The van der Waals surface area contributed by atoms with Crippen LogP contribution in [0.1, 0.15) is 117 Å². The zero-order valence-corrected chi connectivity index (χ0v) is 29.9. The molecule has 0 saturated carbocycles. The monoisotopic (exact) mass is 669 g/mol. The molecule has 0 radical (unpaired) electrons. The van der Waals surface area contributed by atoms with E-state index in [-0.39, 0.29) is 12.3 Å². The minimum Gasteiger partial charge on any atom is -0.387 e. The molecule has 7 heteroatoms. The lowest BCUT2D eigenvalue weighted by Gasteiger charge is -2.21. The first-order valence-electron chi connectivity index (χ1n) is 17.6. The number of nitrogens with one attached hydrogen (secondary N) is 1. The van der Waals surface area contributed by atoms with E-state index in [9.17, 15) is 22.9 Å². The van der Waals surface area contributed by atoms with Crippen LogP contribution in [-0.4, -0.2) is 41.9 Å². The van der Waals surface area contributed by atoms with E-state index in [0.29, 0.717) is 12.8 Å². The summed E-state index contributed by atoms with van der Waals surface area (Å²) >= 11 is 0. The summed E-state index contributed by atoms with van der Waals surface area (Å²) in [5, 5.41) is 13.0. The molecule has 0 aliphatic rings. The molecule has 0 saturated heterocycles. The predicted octanol–water partition coefficient (Wildman–Crippen LogP) is 10.0. The van der Waals surface area contributed by atoms with Crippen molar-refractivity contribution in [1.82, 2.24) is 5.32 Å². The first-order chi connectivity index (χ1) is 22.8. The Morgan fingerprint density at radius 1 is 0.617 bits per heavy atom. The Morgan fingerprint density at radius 2 is 1.06 bits per heavy atom. The van der Waals surface area contributed by atoms with Gasteiger partial charge in [0.25, 0.3) is 10.1 Å². The molecule has 3 N–H and O–H groups in total. The van der Waals surface area contributed by atoms with Crippen molar-refractivity contribution in [3.63, 3.8) is 0 Å². The molecule has 0 aromatic heterocycles. The van der Waals surface area contributed by atoms with Gasteiger partial charge in [0.2, 0.25) is 5.91 Å². The lowest BCUT2D eigenvalue weighted by atomic mass is 10.1. The van der Waals surface area contributed by atoms with Crippen LogP contribution in [0.5, 0.6) is 0 Å². The van der Waals surface area contributed by atoms with Gasteiger partial charge in [-0.1, -0.05) is 129 Å². The third-order valence-corrected chi connectivity index (χ3v) is 7.79. The maximum Gasteiger partial charge on any atom is 0.267 e. The van der Waals surface area contributed by atoms with Gasteiger partial charge in [-0.2, -0.15) is 8.42 Å². The highest BCUT2D eigenvalue weighted by molar-refractivity contribution is 7.85. The summed E-state index contributed by atoms with van der Waals surface area (Å²) in [5.74, 6) is -1.06. The minimum atomic E-state index is -4.37. The number of aliphatic hydroxyl groups is 1. The van der Waals surface area contributed by atoms with Crippen LogP contribution in [-0.2, 0) is 14.9 Å². The third kappa shape index (κ3) is 34.2. The molecule has 0 fully saturated rings. The SMILES string of the molecule is C/C=C/CC/C=C/CC/C=C/C(O)C(CS(=O)(=O)O)NC(=O)CCCCCC/C=C\C/C=C\C/C=C\C/C=C\C/C=C\C/C=C\CC. The van der Waals surface area contributed by atoms with Crippen LogP contribution in [0.3, 0.4) is 0 Å². The predicted molar refractivity (Wildman–Crippen MR) is 202 cm³/mol. The first-order valence-corrected chi connectivity index (χ1v) is 19.2. The standard InChI is InChI=1S/C40H63NO5S/c1-3-5-7-9-11-13-14-15-16-17-18-19-20-21-22-23-24-25-26-28-30-32-34-36-40(43)41-38(37-47(44,45)46)39(42)35-33-31-29-27-12-10-8-6-4-2/h4-7,11-13,15-16,18-19,21-22,24-25,27,33,35,38-39,42H,3,8-10,14,17,20,23,26,28-32,34,36-37H2,1-2H3,(H,41,43)(H,44,45,46)/b6-4+,7-5-,13-11-,16-15-,19-18-,22-21-,25-24-,27-12+,35-33+. The fourth-order valence-corrected chi connectivity index (χ4v) is 5.16. The molecule has 0 aromatic carbocycles. The maximum atomic E-state index is 12.4. The van der Waals surface area contributed by atoms with Gasteiger partial charge in [-0.25, -0.2) is 0 Å². The largest absolute Gasteiger partial charge is 0.387 e. The van der Waals surface area contributed by atoms with E-state index in [0.717, 1.165) is 83.5 Å². The van der Waals surface area contributed by atoms with E-state index in [1.54, 1.807) is 6.08 Å². The molecule has 2 atom stereocenters. The Labute approximate surface area is 287 Å². The fraction of sp³-hybridized carbons (Fsp3) is 0.525. The molecular formula is C40H63NO5S.